The van der Waals surface area contributed by atoms with Gasteiger partial charge in [0, 0.05) is 29.9 Å². The maximum atomic E-state index is 14.9. The van der Waals surface area contributed by atoms with Gasteiger partial charge in [-0.1, -0.05) is 62.7 Å². The van der Waals surface area contributed by atoms with Crippen molar-refractivity contribution in [1.82, 2.24) is 34.8 Å². The molecule has 15 heteroatoms. The van der Waals surface area contributed by atoms with Crippen LogP contribution in [-0.4, -0.2) is 71.9 Å². The average molecular weight is 680 g/mol. The zero-order chi connectivity index (χ0) is 34.4. The first-order chi connectivity index (χ1) is 22.8. The number of nitrogens with one attached hydrogen (secondary N) is 1. The van der Waals surface area contributed by atoms with Gasteiger partial charge in [0.1, 0.15) is 12.9 Å². The van der Waals surface area contributed by atoms with Gasteiger partial charge >= 0.3 is 12.6 Å². The molecule has 2 aromatic heterocycles. The molecule has 1 fully saturated rings. The monoisotopic (exact) mass is 679 g/mol. The van der Waals surface area contributed by atoms with Gasteiger partial charge in [0.25, 0.3) is 5.91 Å². The van der Waals surface area contributed by atoms with Gasteiger partial charge < -0.3 is 15.4 Å². The Morgan fingerprint density at radius 2 is 1.94 bits per heavy atom. The van der Waals surface area contributed by atoms with Gasteiger partial charge in [-0.15, -0.1) is 0 Å². The van der Waals surface area contributed by atoms with E-state index in [2.05, 4.69) is 20.3 Å². The third-order valence-corrected chi connectivity index (χ3v) is 9.01. The fourth-order valence-corrected chi connectivity index (χ4v) is 6.42. The first kappa shape index (κ1) is 33.1. The molecule has 12 nitrogen and oxygen atoms in total. The van der Waals surface area contributed by atoms with Crippen LogP contribution in [0.5, 0.6) is 0 Å². The van der Waals surface area contributed by atoms with Crippen molar-refractivity contribution in [2.75, 3.05) is 13.2 Å². The summed E-state index contributed by atoms with van der Waals surface area (Å²) in [7, 11) is 0. The number of rotatable bonds is 9. The molecule has 1 saturated heterocycles. The zero-order valence-electron chi connectivity index (χ0n) is 26.9. The van der Waals surface area contributed by atoms with E-state index in [1.165, 1.54) is 23.6 Å². The van der Waals surface area contributed by atoms with E-state index in [0.717, 1.165) is 6.42 Å². The van der Waals surface area contributed by atoms with E-state index in [-0.39, 0.29) is 24.0 Å². The summed E-state index contributed by atoms with van der Waals surface area (Å²) in [6.45, 7) is 5.55. The van der Waals surface area contributed by atoms with Crippen LogP contribution in [0.25, 0.3) is 22.5 Å². The fraction of sp³-hybridized carbons (Fsp3) is 0.394. The first-order valence-corrected chi connectivity index (χ1v) is 15.9. The Morgan fingerprint density at radius 1 is 1.19 bits per heavy atom. The van der Waals surface area contributed by atoms with Crippen LogP contribution in [0.4, 0.5) is 13.6 Å². The molecule has 0 saturated carbocycles. The van der Waals surface area contributed by atoms with E-state index in [1.54, 1.807) is 47.4 Å². The van der Waals surface area contributed by atoms with E-state index in [0.29, 0.717) is 56.3 Å². The van der Waals surface area contributed by atoms with Crippen molar-refractivity contribution in [3.8, 4) is 22.5 Å². The highest BCUT2D eigenvalue weighted by molar-refractivity contribution is 6.33. The topological polar surface area (TPSA) is 148 Å². The second kappa shape index (κ2) is 12.6. The van der Waals surface area contributed by atoms with Gasteiger partial charge in [0.15, 0.2) is 17.3 Å². The van der Waals surface area contributed by atoms with Crippen LogP contribution in [0.15, 0.2) is 66.2 Å². The summed E-state index contributed by atoms with van der Waals surface area (Å²) in [6.07, 6.45) is 4.66. The molecule has 0 spiro atoms. The lowest BCUT2D eigenvalue weighted by molar-refractivity contribution is -0.135. The lowest BCUT2D eigenvalue weighted by atomic mass is 9.75. The van der Waals surface area contributed by atoms with Crippen molar-refractivity contribution >= 4 is 29.6 Å². The van der Waals surface area contributed by atoms with Crippen LogP contribution in [0.3, 0.4) is 0 Å². The molecule has 252 valence electrons. The molecule has 2 amide bonds. The summed E-state index contributed by atoms with van der Waals surface area (Å²) in [5, 5.41) is 10.9. The average Bonchev–Trinajstić information content (AvgIpc) is 3.79. The second-order valence-electron chi connectivity index (χ2n) is 13.3. The van der Waals surface area contributed by atoms with Gasteiger partial charge in [0.05, 0.1) is 17.3 Å². The zero-order valence-corrected chi connectivity index (χ0v) is 27.7. The fourth-order valence-electron chi connectivity index (χ4n) is 6.21. The number of aliphatic imine (C=N–C) groups is 1. The quantitative estimate of drug-likeness (QED) is 0.216. The number of carbonyl (C=O) groups is 2. The summed E-state index contributed by atoms with van der Waals surface area (Å²) in [5.41, 5.74) is 7.66. The molecule has 48 heavy (non-hydrogen) atoms. The van der Waals surface area contributed by atoms with Crippen LogP contribution in [0, 0.1) is 5.41 Å². The van der Waals surface area contributed by atoms with Gasteiger partial charge in [-0.05, 0) is 54.0 Å². The Morgan fingerprint density at radius 3 is 2.52 bits per heavy atom. The summed E-state index contributed by atoms with van der Waals surface area (Å²) in [4.78, 5) is 40.0. The standard InChI is InChI=1S/C33H36ClF2N9O3/c1-19-11-12-43(19)31(47)48-16-26(21-7-10-25(34)24(13-21)27-38-18-39-42-27)45-28(46)33(41-30(45)37,17-32(2,3)4)23-8-5-20(6-9-23)22-14-40-44(15-22)29(35)36/h5-10,13-15,18-19,26,29H,11-12,16-17H2,1-4H3,(H2,37,41)(H,38,39,42)/t19?,26-,33-/m1/s1. The molecule has 0 aliphatic carbocycles. The lowest BCUT2D eigenvalue weighted by Crippen LogP contribution is -2.51. The summed E-state index contributed by atoms with van der Waals surface area (Å²) in [6, 6.07) is 11.3. The molecule has 1 unspecified atom stereocenters. The molecule has 0 bridgehead atoms. The van der Waals surface area contributed by atoms with E-state index in [1.807, 2.05) is 27.7 Å². The highest BCUT2D eigenvalue weighted by Crippen LogP contribution is 2.45. The highest BCUT2D eigenvalue weighted by atomic mass is 35.5. The normalized spacial score (nSPS) is 20.2. The largest absolute Gasteiger partial charge is 0.447 e. The second-order valence-corrected chi connectivity index (χ2v) is 13.7. The number of halogens is 3. The Kier molecular flexibility index (Phi) is 8.71. The number of nitrogens with two attached hydrogens (primary N) is 1. The van der Waals surface area contributed by atoms with Crippen molar-refractivity contribution in [1.29, 1.82) is 0 Å². The van der Waals surface area contributed by atoms with Gasteiger partial charge in [-0.3, -0.25) is 14.8 Å². The van der Waals surface area contributed by atoms with Crippen LogP contribution >= 0.6 is 11.6 Å². The Hall–Kier alpha value is -4.85. The maximum Gasteiger partial charge on any atom is 0.410 e. The Labute approximate surface area is 280 Å². The SMILES string of the molecule is CC1CCN1C(=O)OC[C@H](c1ccc(Cl)c(-c2ncn[nH]2)c1)N1C(=O)[C@@](CC(C)(C)C)(c2ccc(-c3cnn(C(F)F)c3)cc2)N=C1N. The molecule has 0 radical (unpaired) electrons. The lowest BCUT2D eigenvalue weighted by Gasteiger charge is -2.38. The summed E-state index contributed by atoms with van der Waals surface area (Å²) in [5.74, 6) is -0.0218. The molecule has 3 N–H and O–H groups in total. The minimum absolute atomic E-state index is 0.0407. The van der Waals surface area contributed by atoms with Gasteiger partial charge in [-0.25, -0.2) is 19.5 Å². The maximum absolute atomic E-state index is 14.9. The number of amides is 2. The van der Waals surface area contributed by atoms with E-state index < -0.39 is 30.1 Å². The number of hydrogen-bond donors (Lipinski definition) is 2. The number of likely N-dealkylation sites (tertiary alicyclic amines) is 1. The molecule has 3 atom stereocenters. The van der Waals surface area contributed by atoms with Crippen molar-refractivity contribution in [2.24, 2.45) is 16.1 Å². The molecule has 4 heterocycles. The molecule has 2 aliphatic heterocycles. The third kappa shape index (κ3) is 6.23. The number of nitrogens with zero attached hydrogens (tertiary/aromatic N) is 7. The number of aromatic nitrogens is 5. The molecule has 6 rings (SSSR count). The predicted octanol–water partition coefficient (Wildman–Crippen LogP) is 6.14. The number of H-pyrrole nitrogens is 1. The van der Waals surface area contributed by atoms with Gasteiger partial charge in [-0.2, -0.15) is 19.0 Å². The number of hydrogen-bond acceptors (Lipinski definition) is 8. The smallest absolute Gasteiger partial charge is 0.410 e. The predicted molar refractivity (Wildman–Crippen MR) is 175 cm³/mol. The van der Waals surface area contributed by atoms with Crippen molar-refractivity contribution < 1.29 is 23.1 Å². The summed E-state index contributed by atoms with van der Waals surface area (Å²) >= 11 is 6.54. The van der Waals surface area contributed by atoms with E-state index in [9.17, 15) is 18.4 Å². The third-order valence-electron chi connectivity index (χ3n) is 8.68. The number of benzene rings is 2. The minimum Gasteiger partial charge on any atom is -0.447 e. The van der Waals surface area contributed by atoms with Crippen LogP contribution in [0.1, 0.15) is 64.3 Å². The number of aromatic amines is 1. The van der Waals surface area contributed by atoms with Crippen LogP contribution in [0.2, 0.25) is 5.02 Å². The highest BCUT2D eigenvalue weighted by Gasteiger charge is 2.53. The van der Waals surface area contributed by atoms with Crippen LogP contribution in [-0.2, 0) is 15.1 Å². The first-order valence-electron chi connectivity index (χ1n) is 15.5. The van der Waals surface area contributed by atoms with E-state index in [4.69, 9.17) is 27.1 Å². The molecule has 4 aromatic rings. The molecule has 2 aliphatic rings. The Bertz CT molecular complexity index is 1840. The van der Waals surface area contributed by atoms with Crippen molar-refractivity contribution in [3.63, 3.8) is 0 Å². The van der Waals surface area contributed by atoms with Crippen molar-refractivity contribution in [2.45, 2.75) is 64.7 Å². The Balaban J connectivity index is 1.39. The minimum atomic E-state index is -2.76. The molecule has 2 aromatic carbocycles. The molecular formula is C33H36ClF2N9O3. The number of guanidine groups is 1. The number of ether oxygens (including phenoxy) is 1. The van der Waals surface area contributed by atoms with Crippen molar-refractivity contribution in [3.05, 3.63) is 77.3 Å². The summed E-state index contributed by atoms with van der Waals surface area (Å²) < 4.78 is 32.7. The van der Waals surface area contributed by atoms with Gasteiger partial charge in [0.2, 0.25) is 0 Å². The van der Waals surface area contributed by atoms with E-state index >= 15 is 0 Å². The number of carbonyl (C=O) groups excluding carboxylic acids is 2. The van der Waals surface area contributed by atoms with Crippen LogP contribution < -0.4 is 5.73 Å². The molecular weight excluding hydrogens is 644 g/mol. The number of alkyl halides is 2.